The van der Waals surface area contributed by atoms with Gasteiger partial charge in [-0.3, -0.25) is 0 Å². The van der Waals surface area contributed by atoms with E-state index in [1.54, 1.807) is 0 Å². The van der Waals surface area contributed by atoms with Crippen molar-refractivity contribution in [1.82, 2.24) is 0 Å². The molecule has 0 bridgehead atoms. The molecule has 3 rings (SSSR count). The molecule has 0 spiro atoms. The van der Waals surface area contributed by atoms with Gasteiger partial charge >= 0.3 is 8.38 Å². The summed E-state index contributed by atoms with van der Waals surface area (Å²) in [5.74, 6) is 1.69. The lowest BCUT2D eigenvalue weighted by atomic mass is 10.2. The molecule has 1 heterocycles. The molecule has 0 radical (unpaired) electrons. The third-order valence-electron chi connectivity index (χ3n) is 2.63. The predicted octanol–water partition coefficient (Wildman–Crippen LogP) is 3.71. The summed E-state index contributed by atoms with van der Waals surface area (Å²) in [4.78, 5) is 0. The Morgan fingerprint density at radius 3 is 1.88 bits per heavy atom. The van der Waals surface area contributed by atoms with Crippen molar-refractivity contribution in [2.24, 2.45) is 0 Å². The highest BCUT2D eigenvalue weighted by atomic mass is 31.2. The largest absolute Gasteiger partial charge is 0.431 e. The maximum Gasteiger partial charge on any atom is 0.326 e. The third kappa shape index (κ3) is 2.01. The number of rotatable bonds is 1. The molecule has 0 aromatic heterocycles. The number of para-hydroxylation sites is 2. The molecule has 0 aliphatic carbocycles. The first-order chi connectivity index (χ1) is 8.22. The molecule has 0 fully saturated rings. The highest BCUT2D eigenvalue weighted by Gasteiger charge is 2.27. The maximum atomic E-state index is 5.85. The Hall–Kier alpha value is -1.53. The fourth-order valence-corrected chi connectivity index (χ4v) is 3.48. The number of fused-ring (bicyclic) bond motifs is 1. The minimum Gasteiger partial charge on any atom is -0.431 e. The predicted molar refractivity (Wildman–Crippen MR) is 70.2 cm³/mol. The van der Waals surface area contributed by atoms with Crippen LogP contribution in [0, 0.1) is 13.8 Å². The van der Waals surface area contributed by atoms with Crippen molar-refractivity contribution in [3.63, 3.8) is 0 Å². The first-order valence-electron chi connectivity index (χ1n) is 5.56. The van der Waals surface area contributed by atoms with Crippen LogP contribution in [0.25, 0.3) is 0 Å². The second kappa shape index (κ2) is 4.05. The van der Waals surface area contributed by atoms with Crippen LogP contribution in [0.1, 0.15) is 11.1 Å². The lowest BCUT2D eigenvalue weighted by molar-refractivity contribution is 0.587. The first-order valence-corrected chi connectivity index (χ1v) is 6.73. The fraction of sp³-hybridized carbons (Fsp3) is 0.143. The zero-order chi connectivity index (χ0) is 11.8. The van der Waals surface area contributed by atoms with E-state index in [4.69, 9.17) is 9.05 Å². The topological polar surface area (TPSA) is 18.5 Å². The van der Waals surface area contributed by atoms with Crippen LogP contribution >= 0.6 is 8.38 Å². The van der Waals surface area contributed by atoms with Crippen LogP contribution in [0.2, 0.25) is 0 Å². The summed E-state index contributed by atoms with van der Waals surface area (Å²) in [6.45, 7) is 4.18. The average molecular weight is 244 g/mol. The maximum absolute atomic E-state index is 5.85. The van der Waals surface area contributed by atoms with E-state index in [0.717, 1.165) is 16.8 Å². The fourth-order valence-electron chi connectivity index (χ4n) is 1.96. The van der Waals surface area contributed by atoms with E-state index in [0.29, 0.717) is 0 Å². The number of hydrogen-bond donors (Lipinski definition) is 0. The van der Waals surface area contributed by atoms with E-state index < -0.39 is 8.38 Å². The van der Waals surface area contributed by atoms with E-state index in [-0.39, 0.29) is 0 Å². The molecule has 2 aromatic carbocycles. The van der Waals surface area contributed by atoms with E-state index in [1.807, 2.05) is 24.3 Å². The van der Waals surface area contributed by atoms with E-state index in [1.165, 1.54) is 11.1 Å². The quantitative estimate of drug-likeness (QED) is 0.712. The second-order valence-corrected chi connectivity index (χ2v) is 5.63. The average Bonchev–Trinajstić information content (AvgIpc) is 2.71. The SMILES string of the molecule is Cc1cc(C)cc(P2Oc3ccccc3O2)c1. The molecular weight excluding hydrogens is 231 g/mol. The standard InChI is InChI=1S/C14H13O2P/c1-10-7-11(2)9-12(8-10)17-15-13-5-3-4-6-14(13)16-17/h3-9H,1-2H3. The number of benzene rings is 2. The Balaban J connectivity index is 1.93. The van der Waals surface area contributed by atoms with Gasteiger partial charge in [0.2, 0.25) is 0 Å². The molecule has 2 nitrogen and oxygen atoms in total. The van der Waals surface area contributed by atoms with Gasteiger partial charge in [0, 0.05) is 0 Å². The molecule has 0 N–H and O–H groups in total. The molecule has 86 valence electrons. The molecule has 2 aromatic rings. The van der Waals surface area contributed by atoms with Crippen LogP contribution in [0.3, 0.4) is 0 Å². The van der Waals surface area contributed by atoms with Crippen molar-refractivity contribution >= 4 is 13.7 Å². The Morgan fingerprint density at radius 1 is 0.824 bits per heavy atom. The molecule has 1 aliphatic heterocycles. The molecule has 3 heteroatoms. The van der Waals surface area contributed by atoms with Gasteiger partial charge in [-0.05, 0) is 49.2 Å². The molecular formula is C14H13O2P. The highest BCUT2D eigenvalue weighted by molar-refractivity contribution is 7.57. The van der Waals surface area contributed by atoms with E-state index >= 15 is 0 Å². The lowest BCUT2D eigenvalue weighted by Crippen LogP contribution is -2.06. The van der Waals surface area contributed by atoms with Gasteiger partial charge in [-0.1, -0.05) is 18.2 Å². The smallest absolute Gasteiger partial charge is 0.326 e. The molecule has 17 heavy (non-hydrogen) atoms. The molecule has 0 atom stereocenters. The van der Waals surface area contributed by atoms with Crippen molar-refractivity contribution in [3.8, 4) is 11.5 Å². The van der Waals surface area contributed by atoms with E-state index in [9.17, 15) is 0 Å². The second-order valence-electron chi connectivity index (χ2n) is 4.23. The number of aryl methyl sites for hydroxylation is 2. The van der Waals surface area contributed by atoms with Crippen LogP contribution in [0.15, 0.2) is 42.5 Å². The van der Waals surface area contributed by atoms with Crippen molar-refractivity contribution in [3.05, 3.63) is 53.6 Å². The van der Waals surface area contributed by atoms with Crippen molar-refractivity contribution in [2.75, 3.05) is 0 Å². The Kier molecular flexibility index (Phi) is 2.53. The molecule has 1 aliphatic rings. The summed E-state index contributed by atoms with van der Waals surface area (Å²) in [7, 11) is -0.999. The summed E-state index contributed by atoms with van der Waals surface area (Å²) in [5.41, 5.74) is 2.48. The minimum atomic E-state index is -0.999. The van der Waals surface area contributed by atoms with Gasteiger partial charge < -0.3 is 9.05 Å². The van der Waals surface area contributed by atoms with Gasteiger partial charge in [-0.25, -0.2) is 0 Å². The zero-order valence-electron chi connectivity index (χ0n) is 9.81. The normalized spacial score (nSPS) is 14.0. The van der Waals surface area contributed by atoms with E-state index in [2.05, 4.69) is 32.0 Å². The zero-order valence-corrected chi connectivity index (χ0v) is 10.7. The number of hydrogen-bond acceptors (Lipinski definition) is 2. The molecule has 0 amide bonds. The summed E-state index contributed by atoms with van der Waals surface area (Å²) in [6.07, 6.45) is 0. The van der Waals surface area contributed by atoms with Crippen molar-refractivity contribution < 1.29 is 9.05 Å². The molecule has 0 saturated carbocycles. The molecule has 0 unspecified atom stereocenters. The summed E-state index contributed by atoms with van der Waals surface area (Å²) in [5, 5.41) is 1.13. The van der Waals surface area contributed by atoms with Crippen LogP contribution < -0.4 is 14.4 Å². The summed E-state index contributed by atoms with van der Waals surface area (Å²) < 4.78 is 11.7. The van der Waals surface area contributed by atoms with Crippen LogP contribution in [0.5, 0.6) is 11.5 Å². The van der Waals surface area contributed by atoms with Crippen LogP contribution in [-0.2, 0) is 0 Å². The lowest BCUT2D eigenvalue weighted by Gasteiger charge is -2.09. The van der Waals surface area contributed by atoms with Gasteiger partial charge in [-0.2, -0.15) is 0 Å². The van der Waals surface area contributed by atoms with Crippen LogP contribution in [0.4, 0.5) is 0 Å². The van der Waals surface area contributed by atoms with Crippen LogP contribution in [-0.4, -0.2) is 0 Å². The molecule has 0 saturated heterocycles. The summed E-state index contributed by atoms with van der Waals surface area (Å²) in [6, 6.07) is 14.2. The summed E-state index contributed by atoms with van der Waals surface area (Å²) >= 11 is 0. The van der Waals surface area contributed by atoms with Gasteiger partial charge in [0.25, 0.3) is 0 Å². The monoisotopic (exact) mass is 244 g/mol. The Labute approximate surface area is 102 Å². The Bertz CT molecular complexity index is 521. The Morgan fingerprint density at radius 2 is 1.35 bits per heavy atom. The van der Waals surface area contributed by atoms with Gasteiger partial charge in [0.15, 0.2) is 11.5 Å². The van der Waals surface area contributed by atoms with Gasteiger partial charge in [0.05, 0.1) is 5.30 Å². The van der Waals surface area contributed by atoms with Crippen molar-refractivity contribution in [1.29, 1.82) is 0 Å². The highest BCUT2D eigenvalue weighted by Crippen LogP contribution is 2.51. The van der Waals surface area contributed by atoms with Crippen molar-refractivity contribution in [2.45, 2.75) is 13.8 Å². The first kappa shape index (κ1) is 10.6. The minimum absolute atomic E-state index is 0.845. The van der Waals surface area contributed by atoms with Gasteiger partial charge in [-0.15, -0.1) is 0 Å². The third-order valence-corrected chi connectivity index (χ3v) is 4.03. The van der Waals surface area contributed by atoms with Gasteiger partial charge in [0.1, 0.15) is 0 Å².